The molecule has 94 valence electrons. The van der Waals surface area contributed by atoms with E-state index in [-0.39, 0.29) is 0 Å². The van der Waals surface area contributed by atoms with E-state index < -0.39 is 0 Å². The number of rotatable bonds is 5. The number of nitrogens with one attached hydrogen (secondary N) is 1. The summed E-state index contributed by atoms with van der Waals surface area (Å²) >= 11 is 0. The minimum atomic E-state index is 0.616. The van der Waals surface area contributed by atoms with Gasteiger partial charge in [-0.3, -0.25) is 0 Å². The molecule has 0 aliphatic heterocycles. The summed E-state index contributed by atoms with van der Waals surface area (Å²) in [5, 5.41) is 3.60. The molecule has 0 aromatic rings. The molecule has 16 heavy (non-hydrogen) atoms. The zero-order chi connectivity index (χ0) is 12.1. The van der Waals surface area contributed by atoms with Crippen molar-refractivity contribution >= 4 is 0 Å². The quantitative estimate of drug-likeness (QED) is 0.695. The van der Waals surface area contributed by atoms with Crippen LogP contribution in [0.4, 0.5) is 0 Å². The molecule has 0 spiro atoms. The molecule has 1 aliphatic carbocycles. The van der Waals surface area contributed by atoms with Gasteiger partial charge in [-0.05, 0) is 50.5 Å². The smallest absolute Gasteiger partial charge is 0.00104 e. The molecular formula is C15H29N. The Balaban J connectivity index is 2.47. The maximum atomic E-state index is 4.08. The standard InChI is InChI=1S/C15H29N/c1-11(2)8-15-9-13(5)6-7-14(15)10-16-12(3)4/h12-16H,1,6-10H2,2-5H3. The third-order valence-corrected chi connectivity index (χ3v) is 3.80. The highest BCUT2D eigenvalue weighted by atomic mass is 14.9. The second-order valence-corrected chi connectivity index (χ2v) is 6.16. The lowest BCUT2D eigenvalue weighted by molar-refractivity contribution is 0.181. The Bertz CT molecular complexity index is 219. The summed E-state index contributed by atoms with van der Waals surface area (Å²) in [5.74, 6) is 2.66. The van der Waals surface area contributed by atoms with E-state index in [4.69, 9.17) is 0 Å². The fraction of sp³-hybridized carbons (Fsp3) is 0.867. The van der Waals surface area contributed by atoms with Crippen LogP contribution < -0.4 is 5.32 Å². The fourth-order valence-electron chi connectivity index (χ4n) is 2.91. The fourth-order valence-corrected chi connectivity index (χ4v) is 2.91. The summed E-state index contributed by atoms with van der Waals surface area (Å²) < 4.78 is 0. The Kier molecular flexibility index (Phi) is 5.54. The molecule has 0 radical (unpaired) electrons. The molecule has 0 amide bonds. The summed E-state index contributed by atoms with van der Waals surface area (Å²) in [5.41, 5.74) is 1.36. The van der Waals surface area contributed by atoms with Crippen LogP contribution in [0.15, 0.2) is 12.2 Å². The summed E-state index contributed by atoms with van der Waals surface area (Å²) in [6, 6.07) is 0.616. The summed E-state index contributed by atoms with van der Waals surface area (Å²) in [6.07, 6.45) is 5.45. The van der Waals surface area contributed by atoms with Crippen molar-refractivity contribution in [2.24, 2.45) is 17.8 Å². The largest absolute Gasteiger partial charge is 0.314 e. The van der Waals surface area contributed by atoms with E-state index in [9.17, 15) is 0 Å². The first-order valence-corrected chi connectivity index (χ1v) is 6.86. The summed E-state index contributed by atoms with van der Waals surface area (Å²) in [4.78, 5) is 0. The van der Waals surface area contributed by atoms with E-state index in [1.54, 1.807) is 0 Å². The van der Waals surface area contributed by atoms with Crippen LogP contribution in [-0.4, -0.2) is 12.6 Å². The van der Waals surface area contributed by atoms with Crippen molar-refractivity contribution in [2.45, 2.75) is 59.4 Å². The highest BCUT2D eigenvalue weighted by molar-refractivity contribution is 4.94. The van der Waals surface area contributed by atoms with Crippen molar-refractivity contribution < 1.29 is 0 Å². The second kappa shape index (κ2) is 6.44. The number of allylic oxidation sites excluding steroid dienone is 1. The monoisotopic (exact) mass is 223 g/mol. The van der Waals surface area contributed by atoms with Crippen molar-refractivity contribution in [3.05, 3.63) is 12.2 Å². The number of hydrogen-bond acceptors (Lipinski definition) is 1. The molecule has 0 aromatic carbocycles. The van der Waals surface area contributed by atoms with Crippen LogP contribution in [0.2, 0.25) is 0 Å². The first-order valence-electron chi connectivity index (χ1n) is 6.86. The Hall–Kier alpha value is -0.300. The lowest BCUT2D eigenvalue weighted by Crippen LogP contribution is -2.35. The van der Waals surface area contributed by atoms with Gasteiger partial charge < -0.3 is 5.32 Å². The van der Waals surface area contributed by atoms with Gasteiger partial charge in [-0.2, -0.15) is 0 Å². The van der Waals surface area contributed by atoms with Gasteiger partial charge in [-0.1, -0.05) is 32.8 Å². The molecular weight excluding hydrogens is 194 g/mol. The van der Waals surface area contributed by atoms with Crippen molar-refractivity contribution in [3.63, 3.8) is 0 Å². The van der Waals surface area contributed by atoms with Gasteiger partial charge >= 0.3 is 0 Å². The predicted octanol–water partition coefficient (Wildman–Crippen LogP) is 4.00. The molecule has 0 aromatic heterocycles. The lowest BCUT2D eigenvalue weighted by atomic mass is 9.72. The molecule has 0 saturated heterocycles. The minimum Gasteiger partial charge on any atom is -0.314 e. The van der Waals surface area contributed by atoms with Crippen LogP contribution >= 0.6 is 0 Å². The Morgan fingerprint density at radius 1 is 1.31 bits per heavy atom. The molecule has 1 heteroatoms. The molecule has 3 unspecified atom stereocenters. The van der Waals surface area contributed by atoms with Crippen LogP contribution in [-0.2, 0) is 0 Å². The molecule has 1 N–H and O–H groups in total. The molecule has 1 aliphatic rings. The highest BCUT2D eigenvalue weighted by Crippen LogP contribution is 2.36. The van der Waals surface area contributed by atoms with E-state index in [2.05, 4.69) is 39.6 Å². The average Bonchev–Trinajstić information content (AvgIpc) is 2.15. The molecule has 1 rings (SSSR count). The van der Waals surface area contributed by atoms with E-state index >= 15 is 0 Å². The predicted molar refractivity (Wildman–Crippen MR) is 72.6 cm³/mol. The Morgan fingerprint density at radius 3 is 2.56 bits per heavy atom. The van der Waals surface area contributed by atoms with Gasteiger partial charge in [0.05, 0.1) is 0 Å². The second-order valence-electron chi connectivity index (χ2n) is 6.16. The molecule has 0 bridgehead atoms. The topological polar surface area (TPSA) is 12.0 Å². The molecule has 3 atom stereocenters. The SMILES string of the molecule is C=C(C)CC1CC(C)CCC1CNC(C)C. The molecule has 0 heterocycles. The highest BCUT2D eigenvalue weighted by Gasteiger charge is 2.28. The first kappa shape index (κ1) is 13.8. The van der Waals surface area contributed by atoms with Crippen molar-refractivity contribution in [1.82, 2.24) is 5.32 Å². The Labute approximate surface area is 102 Å². The van der Waals surface area contributed by atoms with Crippen molar-refractivity contribution in [2.75, 3.05) is 6.54 Å². The zero-order valence-electron chi connectivity index (χ0n) is 11.6. The van der Waals surface area contributed by atoms with E-state index in [0.29, 0.717) is 6.04 Å². The first-order chi connectivity index (χ1) is 7.49. The van der Waals surface area contributed by atoms with Crippen LogP contribution in [0.1, 0.15) is 53.4 Å². The van der Waals surface area contributed by atoms with Gasteiger partial charge in [0.25, 0.3) is 0 Å². The maximum absolute atomic E-state index is 4.08. The van der Waals surface area contributed by atoms with Crippen LogP contribution in [0.5, 0.6) is 0 Å². The Morgan fingerprint density at radius 2 is 2.00 bits per heavy atom. The third kappa shape index (κ3) is 4.69. The minimum absolute atomic E-state index is 0.616. The normalized spacial score (nSPS) is 30.7. The zero-order valence-corrected chi connectivity index (χ0v) is 11.6. The molecule has 1 fully saturated rings. The van der Waals surface area contributed by atoms with E-state index in [1.807, 2.05) is 0 Å². The number of hydrogen-bond donors (Lipinski definition) is 1. The van der Waals surface area contributed by atoms with Crippen molar-refractivity contribution in [3.8, 4) is 0 Å². The molecule has 1 saturated carbocycles. The van der Waals surface area contributed by atoms with E-state index in [1.165, 1.54) is 37.8 Å². The van der Waals surface area contributed by atoms with Gasteiger partial charge in [0.1, 0.15) is 0 Å². The van der Waals surface area contributed by atoms with Gasteiger partial charge in [0, 0.05) is 6.04 Å². The van der Waals surface area contributed by atoms with Gasteiger partial charge in [0.15, 0.2) is 0 Å². The third-order valence-electron chi connectivity index (χ3n) is 3.80. The van der Waals surface area contributed by atoms with Crippen LogP contribution in [0, 0.1) is 17.8 Å². The molecule has 1 nitrogen and oxygen atoms in total. The van der Waals surface area contributed by atoms with Gasteiger partial charge in [-0.25, -0.2) is 0 Å². The summed E-state index contributed by atoms with van der Waals surface area (Å²) in [7, 11) is 0. The average molecular weight is 223 g/mol. The van der Waals surface area contributed by atoms with Gasteiger partial charge in [0.2, 0.25) is 0 Å². The summed E-state index contributed by atoms with van der Waals surface area (Å²) in [6.45, 7) is 14.3. The van der Waals surface area contributed by atoms with Crippen LogP contribution in [0.25, 0.3) is 0 Å². The lowest BCUT2D eigenvalue weighted by Gasteiger charge is -2.35. The van der Waals surface area contributed by atoms with Gasteiger partial charge in [-0.15, -0.1) is 6.58 Å². The maximum Gasteiger partial charge on any atom is 0.00104 e. The van der Waals surface area contributed by atoms with E-state index in [0.717, 1.165) is 17.8 Å². The van der Waals surface area contributed by atoms with Crippen LogP contribution in [0.3, 0.4) is 0 Å². The van der Waals surface area contributed by atoms with Crippen molar-refractivity contribution in [1.29, 1.82) is 0 Å².